The highest BCUT2D eigenvalue weighted by Crippen LogP contribution is 2.36. The molecule has 6 rings (SSSR count). The summed E-state index contributed by atoms with van der Waals surface area (Å²) in [5.74, 6) is 0.538. The van der Waals surface area contributed by atoms with E-state index >= 15 is 4.39 Å². The third-order valence-electron chi connectivity index (χ3n) is 5.50. The molecule has 3 aromatic heterocycles. The molecular formula is C24H16FN3O. The minimum absolute atomic E-state index is 0.336. The van der Waals surface area contributed by atoms with E-state index in [1.165, 1.54) is 0 Å². The van der Waals surface area contributed by atoms with Gasteiger partial charge in [0.25, 0.3) is 0 Å². The number of pyridine rings is 2. The van der Waals surface area contributed by atoms with E-state index in [9.17, 15) is 0 Å². The third-order valence-corrected chi connectivity index (χ3v) is 5.50. The highest BCUT2D eigenvalue weighted by Gasteiger charge is 2.21. The SMILES string of the molecule is Fc1c(-c2ccc3c(c2)CCO3)nc2ccccc2c1-n1ccc2cnccc21. The van der Waals surface area contributed by atoms with Gasteiger partial charge in [0, 0.05) is 41.3 Å². The molecule has 4 heterocycles. The number of aromatic nitrogens is 3. The van der Waals surface area contributed by atoms with E-state index in [1.54, 1.807) is 12.4 Å². The average molecular weight is 381 g/mol. The first kappa shape index (κ1) is 16.2. The number of hydrogen-bond acceptors (Lipinski definition) is 3. The van der Waals surface area contributed by atoms with Crippen LogP contribution in [-0.4, -0.2) is 21.1 Å². The summed E-state index contributed by atoms with van der Waals surface area (Å²) in [6.45, 7) is 0.668. The lowest BCUT2D eigenvalue weighted by Crippen LogP contribution is -2.02. The van der Waals surface area contributed by atoms with Crippen molar-refractivity contribution < 1.29 is 9.13 Å². The summed E-state index contributed by atoms with van der Waals surface area (Å²) >= 11 is 0. The Morgan fingerprint density at radius 2 is 1.97 bits per heavy atom. The van der Waals surface area contributed by atoms with Crippen LogP contribution in [-0.2, 0) is 6.42 Å². The molecular weight excluding hydrogens is 365 g/mol. The quantitative estimate of drug-likeness (QED) is 0.416. The molecule has 1 aliphatic rings. The molecule has 0 unspecified atom stereocenters. The van der Waals surface area contributed by atoms with E-state index in [-0.39, 0.29) is 5.82 Å². The number of ether oxygens (including phenoxy) is 1. The zero-order valence-corrected chi connectivity index (χ0v) is 15.5. The number of halogens is 1. The minimum Gasteiger partial charge on any atom is -0.493 e. The van der Waals surface area contributed by atoms with Gasteiger partial charge in [0.05, 0.1) is 23.3 Å². The lowest BCUT2D eigenvalue weighted by molar-refractivity contribution is 0.357. The highest BCUT2D eigenvalue weighted by molar-refractivity contribution is 5.93. The molecule has 0 amide bonds. The summed E-state index contributed by atoms with van der Waals surface area (Å²) < 4.78 is 23.5. The van der Waals surface area contributed by atoms with Gasteiger partial charge >= 0.3 is 0 Å². The minimum atomic E-state index is -0.336. The smallest absolute Gasteiger partial charge is 0.174 e. The fraction of sp³-hybridized carbons (Fsp3) is 0.0833. The Hall–Kier alpha value is -3.73. The monoisotopic (exact) mass is 381 g/mol. The van der Waals surface area contributed by atoms with E-state index in [2.05, 4.69) is 9.97 Å². The standard InChI is InChI=1S/C24H16FN3O/c25-22-23(16-5-6-21-15(13-16)9-12-29-21)27-19-4-2-1-3-18(19)24(22)28-11-8-17-14-26-10-7-20(17)28/h1-8,10-11,13-14H,9,12H2. The van der Waals surface area contributed by atoms with E-state index in [0.717, 1.165) is 45.1 Å². The molecule has 0 aliphatic carbocycles. The Bertz CT molecular complexity index is 1410. The molecule has 2 aromatic carbocycles. The predicted octanol–water partition coefficient (Wildman–Crippen LogP) is 5.31. The molecule has 0 saturated carbocycles. The molecule has 0 atom stereocenters. The molecule has 1 aliphatic heterocycles. The molecule has 140 valence electrons. The van der Waals surface area contributed by atoms with Crippen LogP contribution < -0.4 is 4.74 Å². The second kappa shape index (κ2) is 6.14. The van der Waals surface area contributed by atoms with Crippen molar-refractivity contribution in [2.75, 3.05) is 6.61 Å². The van der Waals surface area contributed by atoms with Crippen molar-refractivity contribution in [1.29, 1.82) is 0 Å². The summed E-state index contributed by atoms with van der Waals surface area (Å²) in [6.07, 6.45) is 6.23. The maximum Gasteiger partial charge on any atom is 0.174 e. The van der Waals surface area contributed by atoms with Crippen molar-refractivity contribution >= 4 is 21.8 Å². The first-order valence-electron chi connectivity index (χ1n) is 9.55. The molecule has 4 nitrogen and oxygen atoms in total. The largest absolute Gasteiger partial charge is 0.493 e. The fourth-order valence-corrected chi connectivity index (χ4v) is 4.11. The van der Waals surface area contributed by atoms with Gasteiger partial charge in [-0.25, -0.2) is 9.37 Å². The summed E-state index contributed by atoms with van der Waals surface area (Å²) in [7, 11) is 0. The van der Waals surface area contributed by atoms with Gasteiger partial charge < -0.3 is 9.30 Å². The fourth-order valence-electron chi connectivity index (χ4n) is 4.11. The Morgan fingerprint density at radius 3 is 2.93 bits per heavy atom. The Kier molecular flexibility index (Phi) is 3.44. The van der Waals surface area contributed by atoms with E-state index in [4.69, 9.17) is 4.74 Å². The van der Waals surface area contributed by atoms with Crippen molar-refractivity contribution in [3.63, 3.8) is 0 Å². The molecule has 0 spiro atoms. The van der Waals surface area contributed by atoms with Crippen LogP contribution in [0.1, 0.15) is 5.56 Å². The topological polar surface area (TPSA) is 39.9 Å². The number of fused-ring (bicyclic) bond motifs is 3. The molecule has 0 bridgehead atoms. The third kappa shape index (κ3) is 2.44. The van der Waals surface area contributed by atoms with Gasteiger partial charge in [0.1, 0.15) is 11.4 Å². The number of hydrogen-bond donors (Lipinski definition) is 0. The Labute approximate surface area is 166 Å². The molecule has 29 heavy (non-hydrogen) atoms. The number of nitrogens with zero attached hydrogens (tertiary/aromatic N) is 3. The first-order valence-corrected chi connectivity index (χ1v) is 9.55. The number of benzene rings is 2. The van der Waals surface area contributed by atoms with Crippen molar-refractivity contribution in [3.8, 4) is 22.7 Å². The van der Waals surface area contributed by atoms with Crippen LogP contribution in [0.3, 0.4) is 0 Å². The molecule has 5 aromatic rings. The lowest BCUT2D eigenvalue weighted by Gasteiger charge is -2.14. The number of para-hydroxylation sites is 1. The van der Waals surface area contributed by atoms with Crippen LogP contribution in [0.4, 0.5) is 4.39 Å². The van der Waals surface area contributed by atoms with Gasteiger partial charge in [-0.2, -0.15) is 0 Å². The predicted molar refractivity (Wildman–Crippen MR) is 111 cm³/mol. The van der Waals surface area contributed by atoms with Crippen LogP contribution in [0.15, 0.2) is 73.2 Å². The maximum absolute atomic E-state index is 16.0. The van der Waals surface area contributed by atoms with Gasteiger partial charge in [-0.15, -0.1) is 0 Å². The van der Waals surface area contributed by atoms with Crippen LogP contribution in [0.2, 0.25) is 0 Å². The summed E-state index contributed by atoms with van der Waals surface area (Å²) in [5.41, 5.74) is 4.37. The summed E-state index contributed by atoms with van der Waals surface area (Å²) in [4.78, 5) is 8.85. The molecule has 5 heteroatoms. The molecule has 0 fully saturated rings. The zero-order chi connectivity index (χ0) is 19.4. The highest BCUT2D eigenvalue weighted by atomic mass is 19.1. The first-order chi connectivity index (χ1) is 14.3. The second-order valence-corrected chi connectivity index (χ2v) is 7.18. The van der Waals surface area contributed by atoms with Gasteiger partial charge in [0.2, 0.25) is 0 Å². The Balaban J connectivity index is 1.67. The molecule has 0 saturated heterocycles. The van der Waals surface area contributed by atoms with E-state index in [1.807, 2.05) is 65.4 Å². The van der Waals surface area contributed by atoms with Crippen LogP contribution in [0.5, 0.6) is 5.75 Å². The van der Waals surface area contributed by atoms with E-state index in [0.29, 0.717) is 18.0 Å². The van der Waals surface area contributed by atoms with Crippen LogP contribution in [0, 0.1) is 5.82 Å². The Morgan fingerprint density at radius 1 is 1.03 bits per heavy atom. The molecule has 0 N–H and O–H groups in total. The van der Waals surface area contributed by atoms with Crippen molar-refractivity contribution in [2.24, 2.45) is 0 Å². The number of rotatable bonds is 2. The van der Waals surface area contributed by atoms with Gasteiger partial charge in [-0.3, -0.25) is 4.98 Å². The van der Waals surface area contributed by atoms with Gasteiger partial charge in [0.15, 0.2) is 5.82 Å². The normalized spacial score (nSPS) is 13.0. The average Bonchev–Trinajstić information content (AvgIpc) is 3.40. The molecule has 0 radical (unpaired) electrons. The van der Waals surface area contributed by atoms with Gasteiger partial charge in [-0.05, 0) is 42.0 Å². The summed E-state index contributed by atoms with van der Waals surface area (Å²) in [5, 5.41) is 1.73. The van der Waals surface area contributed by atoms with Crippen LogP contribution >= 0.6 is 0 Å². The van der Waals surface area contributed by atoms with Crippen molar-refractivity contribution in [3.05, 3.63) is 84.6 Å². The van der Waals surface area contributed by atoms with Crippen LogP contribution in [0.25, 0.3) is 38.8 Å². The second-order valence-electron chi connectivity index (χ2n) is 7.18. The van der Waals surface area contributed by atoms with Crippen molar-refractivity contribution in [2.45, 2.75) is 6.42 Å². The van der Waals surface area contributed by atoms with E-state index < -0.39 is 0 Å². The summed E-state index contributed by atoms with van der Waals surface area (Å²) in [6, 6.07) is 17.3. The zero-order valence-electron chi connectivity index (χ0n) is 15.5. The van der Waals surface area contributed by atoms with Gasteiger partial charge in [-0.1, -0.05) is 18.2 Å². The van der Waals surface area contributed by atoms with Crippen molar-refractivity contribution in [1.82, 2.24) is 14.5 Å². The lowest BCUT2D eigenvalue weighted by atomic mass is 10.0. The maximum atomic E-state index is 16.0.